The fourth-order valence-corrected chi connectivity index (χ4v) is 5.26. The minimum Gasteiger partial charge on any atom is -0.381 e. The Labute approximate surface area is 211 Å². The highest BCUT2D eigenvalue weighted by molar-refractivity contribution is 6.32. The number of nitriles is 1. The van der Waals surface area contributed by atoms with Crippen LogP contribution in [-0.2, 0) is 4.74 Å². The minimum absolute atomic E-state index is 0.0719. The van der Waals surface area contributed by atoms with E-state index in [1.807, 2.05) is 12.1 Å². The van der Waals surface area contributed by atoms with Gasteiger partial charge in [0.25, 0.3) is 0 Å². The summed E-state index contributed by atoms with van der Waals surface area (Å²) >= 11 is 6.29. The van der Waals surface area contributed by atoms with Crippen LogP contribution in [0.3, 0.4) is 0 Å². The van der Waals surface area contributed by atoms with Crippen LogP contribution >= 0.6 is 11.6 Å². The van der Waals surface area contributed by atoms with Crippen molar-refractivity contribution in [2.45, 2.75) is 19.3 Å². The van der Waals surface area contributed by atoms with E-state index in [1.165, 1.54) is 17.1 Å². The first kappa shape index (κ1) is 22.6. The van der Waals surface area contributed by atoms with E-state index < -0.39 is 5.82 Å². The van der Waals surface area contributed by atoms with Gasteiger partial charge in [0.2, 0.25) is 0 Å². The van der Waals surface area contributed by atoms with Gasteiger partial charge in [-0.25, -0.2) is 24.0 Å². The molecule has 2 saturated heterocycles. The summed E-state index contributed by atoms with van der Waals surface area (Å²) in [6.45, 7) is 3.59. The molecule has 2 aliphatic heterocycles. The van der Waals surface area contributed by atoms with Gasteiger partial charge < -0.3 is 15.0 Å². The molecule has 0 amide bonds. The van der Waals surface area contributed by atoms with Crippen molar-refractivity contribution in [1.82, 2.24) is 24.7 Å². The van der Waals surface area contributed by atoms with Crippen molar-refractivity contribution in [1.29, 1.82) is 5.26 Å². The first-order valence-electron chi connectivity index (χ1n) is 11.7. The summed E-state index contributed by atoms with van der Waals surface area (Å²) in [5.74, 6) is 1.34. The Kier molecular flexibility index (Phi) is 5.66. The molecule has 0 saturated carbocycles. The maximum absolute atomic E-state index is 14.8. The van der Waals surface area contributed by atoms with Gasteiger partial charge in [0.15, 0.2) is 5.82 Å². The average Bonchev–Trinajstić information content (AvgIpc) is 3.51. The molecule has 5 heterocycles. The highest BCUT2D eigenvalue weighted by Gasteiger charge is 2.38. The molecule has 1 N–H and O–H groups in total. The van der Waals surface area contributed by atoms with Gasteiger partial charge in [-0.2, -0.15) is 10.4 Å². The van der Waals surface area contributed by atoms with E-state index >= 15 is 0 Å². The smallest absolute Gasteiger partial charge is 0.151 e. The first-order valence-corrected chi connectivity index (χ1v) is 12.1. The standard InChI is InChI=1S/C25H22ClFN8O/c26-18-7-16(11-28)8-19(27)24(18)35-20-9-21(29-12-17(20)13-32-35)33-22-10-23(31-15-30-22)34-4-1-25(2-5-34)3-6-36-14-25/h7-10,12-13,15H,1-6,14H2,(H,29,30,31,33). The Morgan fingerprint density at radius 3 is 2.64 bits per heavy atom. The molecular weight excluding hydrogens is 483 g/mol. The third-order valence-electron chi connectivity index (χ3n) is 7.05. The van der Waals surface area contributed by atoms with Crippen molar-refractivity contribution in [3.8, 4) is 11.8 Å². The maximum Gasteiger partial charge on any atom is 0.151 e. The van der Waals surface area contributed by atoms with Gasteiger partial charge >= 0.3 is 0 Å². The average molecular weight is 505 g/mol. The number of benzene rings is 1. The summed E-state index contributed by atoms with van der Waals surface area (Å²) in [6.07, 6.45) is 8.09. The molecule has 11 heteroatoms. The minimum atomic E-state index is -0.636. The number of anilines is 3. The van der Waals surface area contributed by atoms with Crippen LogP contribution in [0.1, 0.15) is 24.8 Å². The van der Waals surface area contributed by atoms with Crippen LogP contribution in [0, 0.1) is 22.6 Å². The zero-order valence-electron chi connectivity index (χ0n) is 19.3. The van der Waals surface area contributed by atoms with Crippen LogP contribution in [-0.4, -0.2) is 51.0 Å². The second kappa shape index (κ2) is 9.00. The van der Waals surface area contributed by atoms with Crippen LogP contribution in [0.15, 0.2) is 43.0 Å². The van der Waals surface area contributed by atoms with Gasteiger partial charge in [0.1, 0.15) is 29.5 Å². The van der Waals surface area contributed by atoms with Crippen molar-refractivity contribution in [2.24, 2.45) is 5.41 Å². The largest absolute Gasteiger partial charge is 0.381 e. The molecule has 0 atom stereocenters. The zero-order valence-corrected chi connectivity index (χ0v) is 20.0. The molecule has 6 rings (SSSR count). The number of rotatable bonds is 4. The van der Waals surface area contributed by atoms with Gasteiger partial charge in [0, 0.05) is 43.4 Å². The highest BCUT2D eigenvalue weighted by Crippen LogP contribution is 2.40. The maximum atomic E-state index is 14.8. The summed E-state index contributed by atoms with van der Waals surface area (Å²) < 4.78 is 21.8. The molecular formula is C25H22ClFN8O. The lowest BCUT2D eigenvalue weighted by Gasteiger charge is -2.38. The van der Waals surface area contributed by atoms with E-state index in [-0.39, 0.29) is 16.3 Å². The Hall–Kier alpha value is -3.81. The molecule has 36 heavy (non-hydrogen) atoms. The number of halogens is 2. The number of hydrogen-bond donors (Lipinski definition) is 1. The van der Waals surface area contributed by atoms with Crippen LogP contribution < -0.4 is 10.2 Å². The molecule has 9 nitrogen and oxygen atoms in total. The predicted octanol–water partition coefficient (Wildman–Crippen LogP) is 4.63. The van der Waals surface area contributed by atoms with E-state index in [1.54, 1.807) is 18.5 Å². The summed E-state index contributed by atoms with van der Waals surface area (Å²) in [4.78, 5) is 15.6. The molecule has 1 aromatic carbocycles. The predicted molar refractivity (Wildman–Crippen MR) is 133 cm³/mol. The van der Waals surface area contributed by atoms with Crippen LogP contribution in [0.2, 0.25) is 5.02 Å². The van der Waals surface area contributed by atoms with Crippen molar-refractivity contribution < 1.29 is 9.13 Å². The van der Waals surface area contributed by atoms with E-state index in [2.05, 4.69) is 30.3 Å². The Balaban J connectivity index is 1.25. The normalized spacial score (nSPS) is 17.0. The second-order valence-corrected chi connectivity index (χ2v) is 9.67. The van der Waals surface area contributed by atoms with Crippen molar-refractivity contribution in [3.05, 3.63) is 59.4 Å². The number of piperidine rings is 1. The van der Waals surface area contributed by atoms with E-state index in [0.717, 1.165) is 57.4 Å². The Morgan fingerprint density at radius 1 is 1.06 bits per heavy atom. The summed E-state index contributed by atoms with van der Waals surface area (Å²) in [6, 6.07) is 8.11. The summed E-state index contributed by atoms with van der Waals surface area (Å²) in [5.41, 5.74) is 1.14. The van der Waals surface area contributed by atoms with Crippen molar-refractivity contribution in [2.75, 3.05) is 36.5 Å². The molecule has 0 unspecified atom stereocenters. The molecule has 0 aliphatic carbocycles. The molecule has 0 bridgehead atoms. The SMILES string of the molecule is N#Cc1cc(F)c(-n2ncc3cnc(Nc4cc(N5CCC6(CCOC6)CC5)ncn4)cc32)c(Cl)c1. The van der Waals surface area contributed by atoms with E-state index in [0.29, 0.717) is 28.0 Å². The third kappa shape index (κ3) is 4.10. The molecule has 0 radical (unpaired) electrons. The van der Waals surface area contributed by atoms with Crippen molar-refractivity contribution >= 4 is 40.0 Å². The highest BCUT2D eigenvalue weighted by atomic mass is 35.5. The van der Waals surface area contributed by atoms with Gasteiger partial charge in [-0.3, -0.25) is 0 Å². The number of fused-ring (bicyclic) bond motifs is 1. The third-order valence-corrected chi connectivity index (χ3v) is 7.34. The summed E-state index contributed by atoms with van der Waals surface area (Å²) in [7, 11) is 0. The molecule has 4 aromatic rings. The number of pyridine rings is 1. The Bertz CT molecular complexity index is 1460. The van der Waals surface area contributed by atoms with E-state index in [4.69, 9.17) is 21.6 Å². The molecule has 1 spiro atoms. The quantitative estimate of drug-likeness (QED) is 0.429. The van der Waals surface area contributed by atoms with Gasteiger partial charge in [-0.05, 0) is 36.8 Å². The van der Waals surface area contributed by atoms with Crippen molar-refractivity contribution in [3.63, 3.8) is 0 Å². The fourth-order valence-electron chi connectivity index (χ4n) is 4.97. The van der Waals surface area contributed by atoms with E-state index in [9.17, 15) is 4.39 Å². The topological polar surface area (TPSA) is 105 Å². The number of nitrogens with one attached hydrogen (secondary N) is 1. The molecule has 3 aromatic heterocycles. The Morgan fingerprint density at radius 2 is 1.89 bits per heavy atom. The van der Waals surface area contributed by atoms with Gasteiger partial charge in [-0.1, -0.05) is 11.6 Å². The zero-order chi connectivity index (χ0) is 24.7. The monoisotopic (exact) mass is 504 g/mol. The number of aromatic nitrogens is 5. The fraction of sp³-hybridized carbons (Fsp3) is 0.320. The first-order chi connectivity index (χ1) is 17.5. The van der Waals surface area contributed by atoms with Gasteiger partial charge in [0.05, 0.1) is 35.0 Å². The van der Waals surface area contributed by atoms with Gasteiger partial charge in [-0.15, -0.1) is 0 Å². The molecule has 182 valence electrons. The lowest BCUT2D eigenvalue weighted by Crippen LogP contribution is -2.40. The second-order valence-electron chi connectivity index (χ2n) is 9.26. The molecule has 2 aliphatic rings. The van der Waals surface area contributed by atoms with Crippen LogP contribution in [0.25, 0.3) is 16.6 Å². The van der Waals surface area contributed by atoms with Crippen LogP contribution in [0.5, 0.6) is 0 Å². The van der Waals surface area contributed by atoms with Crippen LogP contribution in [0.4, 0.5) is 21.8 Å². The number of ether oxygens (including phenoxy) is 1. The number of hydrogen-bond acceptors (Lipinski definition) is 8. The molecule has 2 fully saturated rings. The lowest BCUT2D eigenvalue weighted by atomic mass is 9.78. The number of nitrogens with zero attached hydrogens (tertiary/aromatic N) is 7. The summed E-state index contributed by atoms with van der Waals surface area (Å²) in [5, 5.41) is 17.4. The lowest BCUT2D eigenvalue weighted by molar-refractivity contribution is 0.133.